The molecule has 0 aromatic rings. The molecule has 0 aromatic heterocycles. The Balaban J connectivity index is 0.000000146. The molecule has 0 spiro atoms. The molecule has 2 aliphatic rings. The number of rotatable bonds is 0. The van der Waals surface area contributed by atoms with Crippen molar-refractivity contribution < 1.29 is 19.1 Å². The second-order valence-corrected chi connectivity index (χ2v) is 2.70. The lowest BCUT2D eigenvalue weighted by molar-refractivity contribution is -0.113. The van der Waals surface area contributed by atoms with Gasteiger partial charge in [0, 0.05) is 0 Å². The number of ether oxygens (including phenoxy) is 2. The minimum Gasteiger partial charge on any atom is -0.377 e. The lowest BCUT2D eigenvalue weighted by Gasteiger charge is -2.09. The molecule has 0 radical (unpaired) electrons. The third-order valence-corrected chi connectivity index (χ3v) is 1.57. The third kappa shape index (κ3) is 4.69. The van der Waals surface area contributed by atoms with Crippen molar-refractivity contribution in [2.24, 2.45) is 0 Å². The van der Waals surface area contributed by atoms with Crippen LogP contribution in [0.25, 0.3) is 0 Å². The van der Waals surface area contributed by atoms with Gasteiger partial charge in [-0.05, 0) is 24.3 Å². The van der Waals surface area contributed by atoms with Crippen LogP contribution in [0.5, 0.6) is 0 Å². The number of carbonyl (C=O) groups is 2. The van der Waals surface area contributed by atoms with E-state index >= 15 is 0 Å². The maximum Gasteiger partial charge on any atom is 0.178 e. The number of allylic oxidation sites excluding steroid dienone is 4. The van der Waals surface area contributed by atoms with E-state index in [2.05, 4.69) is 0 Å². The van der Waals surface area contributed by atoms with Gasteiger partial charge in [-0.3, -0.25) is 9.59 Å². The van der Waals surface area contributed by atoms with Crippen LogP contribution >= 0.6 is 0 Å². The largest absolute Gasteiger partial charge is 0.377 e. The first-order valence-corrected chi connectivity index (χ1v) is 4.38. The predicted octanol–water partition coefficient (Wildman–Crippen LogP) is 0.284. The maximum absolute atomic E-state index is 10.3. The topological polar surface area (TPSA) is 52.6 Å². The van der Waals surface area contributed by atoms with Gasteiger partial charge in [0.25, 0.3) is 0 Å². The Morgan fingerprint density at radius 2 is 1.00 bits per heavy atom. The Labute approximate surface area is 82.2 Å². The highest BCUT2D eigenvalue weighted by Crippen LogP contribution is 1.90. The van der Waals surface area contributed by atoms with Crippen molar-refractivity contribution >= 4 is 11.6 Å². The first kappa shape index (κ1) is 10.8. The fraction of sp³-hybridized carbons (Fsp3) is 0.400. The van der Waals surface area contributed by atoms with Crippen molar-refractivity contribution in [2.75, 3.05) is 26.4 Å². The minimum atomic E-state index is -0.121. The molecule has 0 N–H and O–H groups in total. The summed E-state index contributed by atoms with van der Waals surface area (Å²) in [6.07, 6.45) is 5.01. The van der Waals surface area contributed by atoms with E-state index in [9.17, 15) is 9.59 Å². The maximum atomic E-state index is 10.3. The summed E-state index contributed by atoms with van der Waals surface area (Å²) in [4.78, 5) is 20.6. The molecule has 0 bridgehead atoms. The molecule has 0 atom stereocenters. The summed E-state index contributed by atoms with van der Waals surface area (Å²) in [6.45, 7) is 3.11. The highest BCUT2D eigenvalue weighted by molar-refractivity contribution is 6.14. The van der Waals surface area contributed by atoms with Gasteiger partial charge in [0.15, 0.2) is 11.6 Å². The van der Waals surface area contributed by atoms with Crippen LogP contribution in [0.1, 0.15) is 0 Å². The second kappa shape index (κ2) is 6.23. The average Bonchev–Trinajstić information content (AvgIpc) is 2.26. The molecular formula is C10H12O4. The Kier molecular flexibility index (Phi) is 4.82. The molecule has 2 rings (SSSR count). The van der Waals surface area contributed by atoms with E-state index < -0.39 is 0 Å². The molecule has 1 saturated heterocycles. The fourth-order valence-corrected chi connectivity index (χ4v) is 0.879. The van der Waals surface area contributed by atoms with Crippen molar-refractivity contribution in [3.8, 4) is 0 Å². The first-order valence-electron chi connectivity index (χ1n) is 4.38. The molecule has 0 unspecified atom stereocenters. The lowest BCUT2D eigenvalue weighted by atomic mass is 10.2. The van der Waals surface area contributed by atoms with Crippen LogP contribution in [0.15, 0.2) is 24.3 Å². The van der Waals surface area contributed by atoms with Crippen molar-refractivity contribution in [1.29, 1.82) is 0 Å². The molecular weight excluding hydrogens is 184 g/mol. The van der Waals surface area contributed by atoms with Crippen LogP contribution in [0.2, 0.25) is 0 Å². The zero-order valence-corrected chi connectivity index (χ0v) is 7.77. The molecule has 0 amide bonds. The van der Waals surface area contributed by atoms with Crippen LogP contribution < -0.4 is 0 Å². The van der Waals surface area contributed by atoms with Gasteiger partial charge >= 0.3 is 0 Å². The smallest absolute Gasteiger partial charge is 0.178 e. The van der Waals surface area contributed by atoms with E-state index in [0.29, 0.717) is 0 Å². The van der Waals surface area contributed by atoms with Crippen LogP contribution in [0.4, 0.5) is 0 Å². The van der Waals surface area contributed by atoms with Crippen molar-refractivity contribution in [3.63, 3.8) is 0 Å². The van der Waals surface area contributed by atoms with Crippen LogP contribution in [-0.4, -0.2) is 38.0 Å². The zero-order chi connectivity index (χ0) is 10.2. The van der Waals surface area contributed by atoms with Crippen LogP contribution in [0, 0.1) is 0 Å². The van der Waals surface area contributed by atoms with E-state index in [1.54, 1.807) is 0 Å². The van der Waals surface area contributed by atoms with Crippen molar-refractivity contribution in [2.45, 2.75) is 0 Å². The number of hydrogen-bond acceptors (Lipinski definition) is 4. The van der Waals surface area contributed by atoms with E-state index in [-0.39, 0.29) is 11.6 Å². The van der Waals surface area contributed by atoms with Gasteiger partial charge in [-0.2, -0.15) is 0 Å². The standard InChI is InChI=1S/C6H4O2.C4H8O2/c7-5-1-2-6(8)4-3-5;1-2-6-4-3-5-1/h1-4H;1-4H2. The van der Waals surface area contributed by atoms with Crippen LogP contribution in [0.3, 0.4) is 0 Å². The molecule has 0 saturated carbocycles. The summed E-state index contributed by atoms with van der Waals surface area (Å²) < 4.78 is 9.89. The molecule has 0 aromatic carbocycles. The van der Waals surface area contributed by atoms with Gasteiger partial charge in [-0.25, -0.2) is 0 Å². The Morgan fingerprint density at radius 3 is 1.21 bits per heavy atom. The minimum absolute atomic E-state index is 0.121. The summed E-state index contributed by atoms with van der Waals surface area (Å²) in [7, 11) is 0. The summed E-state index contributed by atoms with van der Waals surface area (Å²) in [5, 5.41) is 0. The molecule has 4 nitrogen and oxygen atoms in total. The van der Waals surface area contributed by atoms with Crippen LogP contribution in [-0.2, 0) is 19.1 Å². The summed E-state index contributed by atoms with van der Waals surface area (Å²) in [6, 6.07) is 0. The van der Waals surface area contributed by atoms with Gasteiger partial charge < -0.3 is 9.47 Å². The predicted molar refractivity (Wildman–Crippen MR) is 49.9 cm³/mol. The summed E-state index contributed by atoms with van der Waals surface area (Å²) >= 11 is 0. The zero-order valence-electron chi connectivity index (χ0n) is 7.77. The lowest BCUT2D eigenvalue weighted by Crippen LogP contribution is -2.16. The first-order chi connectivity index (χ1) is 6.79. The molecule has 76 valence electrons. The summed E-state index contributed by atoms with van der Waals surface area (Å²) in [5.41, 5.74) is 0. The van der Waals surface area contributed by atoms with E-state index in [0.717, 1.165) is 26.4 Å². The monoisotopic (exact) mass is 196 g/mol. The number of ketones is 2. The Hall–Kier alpha value is -1.26. The van der Waals surface area contributed by atoms with Crippen molar-refractivity contribution in [3.05, 3.63) is 24.3 Å². The van der Waals surface area contributed by atoms with Gasteiger partial charge in [0.1, 0.15) is 0 Å². The molecule has 1 aliphatic carbocycles. The summed E-state index contributed by atoms with van der Waals surface area (Å²) in [5.74, 6) is -0.241. The average molecular weight is 196 g/mol. The van der Waals surface area contributed by atoms with Gasteiger partial charge in [0.2, 0.25) is 0 Å². The molecule has 4 heteroatoms. The number of hydrogen-bond donors (Lipinski definition) is 0. The molecule has 1 heterocycles. The quantitative estimate of drug-likeness (QED) is 0.522. The molecule has 1 aliphatic heterocycles. The van der Waals surface area contributed by atoms with E-state index in [4.69, 9.17) is 9.47 Å². The molecule has 14 heavy (non-hydrogen) atoms. The van der Waals surface area contributed by atoms with Gasteiger partial charge in [-0.15, -0.1) is 0 Å². The second-order valence-electron chi connectivity index (χ2n) is 2.70. The molecule has 1 fully saturated rings. The van der Waals surface area contributed by atoms with E-state index in [1.807, 2.05) is 0 Å². The SMILES string of the molecule is C1COCCO1.O=C1C=CC(=O)C=C1. The highest BCUT2D eigenvalue weighted by atomic mass is 16.6. The fourth-order valence-electron chi connectivity index (χ4n) is 0.879. The normalized spacial score (nSPS) is 20.3. The Morgan fingerprint density at radius 1 is 0.714 bits per heavy atom. The van der Waals surface area contributed by atoms with E-state index in [1.165, 1.54) is 24.3 Å². The van der Waals surface area contributed by atoms with Gasteiger partial charge in [0.05, 0.1) is 26.4 Å². The van der Waals surface area contributed by atoms with Crippen molar-refractivity contribution in [1.82, 2.24) is 0 Å². The number of carbonyl (C=O) groups excluding carboxylic acids is 2. The highest BCUT2D eigenvalue weighted by Gasteiger charge is 1.98. The van der Waals surface area contributed by atoms with Gasteiger partial charge in [-0.1, -0.05) is 0 Å². The Bertz CT molecular complexity index is 212. The third-order valence-electron chi connectivity index (χ3n) is 1.57.